The van der Waals surface area contributed by atoms with Crippen LogP contribution in [-0.4, -0.2) is 28.7 Å². The minimum absolute atomic E-state index is 0.0578. The van der Waals surface area contributed by atoms with Crippen molar-refractivity contribution in [3.63, 3.8) is 0 Å². The van der Waals surface area contributed by atoms with Crippen LogP contribution in [0, 0.1) is 5.92 Å². The molecular weight excluding hydrogens is 292 g/mol. The van der Waals surface area contributed by atoms with Crippen molar-refractivity contribution in [1.82, 2.24) is 0 Å². The number of hydrogen-bond donors (Lipinski definition) is 2. The third-order valence-electron chi connectivity index (χ3n) is 6.06. The molecule has 3 rings (SSSR count). The van der Waals surface area contributed by atoms with Gasteiger partial charge in [-0.05, 0) is 36.8 Å². The van der Waals surface area contributed by atoms with E-state index >= 15 is 0 Å². The number of hydrogen-bond acceptors (Lipinski definition) is 4. The molecule has 1 aromatic carbocycles. The highest BCUT2D eigenvalue weighted by Crippen LogP contribution is 2.59. The number of ketones is 1. The molecule has 0 aromatic heterocycles. The largest absolute Gasteiger partial charge is 0.504 e. The van der Waals surface area contributed by atoms with Gasteiger partial charge in [-0.1, -0.05) is 26.3 Å². The normalized spacial score (nSPS) is 33.0. The zero-order valence-electron chi connectivity index (χ0n) is 14.2. The van der Waals surface area contributed by atoms with Gasteiger partial charge in [0.2, 0.25) is 0 Å². The van der Waals surface area contributed by atoms with E-state index in [-0.39, 0.29) is 17.5 Å². The number of methoxy groups -OCH3 is 1. The molecule has 2 aliphatic rings. The van der Waals surface area contributed by atoms with Crippen LogP contribution in [-0.2, 0) is 16.6 Å². The smallest absolute Gasteiger partial charge is 0.161 e. The van der Waals surface area contributed by atoms with Gasteiger partial charge in [-0.15, -0.1) is 0 Å². The van der Waals surface area contributed by atoms with Gasteiger partial charge in [0.25, 0.3) is 0 Å². The van der Waals surface area contributed by atoms with E-state index in [2.05, 4.69) is 13.8 Å². The predicted octanol–water partition coefficient (Wildman–Crippen LogP) is 3.12. The monoisotopic (exact) mass is 318 g/mol. The number of phenolic OH excluding ortho intramolecular Hbond substituents is 1. The molecule has 0 amide bonds. The number of rotatable bonds is 3. The fourth-order valence-corrected chi connectivity index (χ4v) is 5.01. The number of fused-ring (bicyclic) bond motifs is 3. The standard InChI is InChI=1S/C19H26O4/c1-4-8-18-11-14(20)7-9-19(18,22)12(2)10-13-5-6-15(23-3)17(21)16(13)18/h5-6,12,21-22H,4,7-11H2,1-3H3. The molecule has 1 saturated carbocycles. The third kappa shape index (κ3) is 2.11. The van der Waals surface area contributed by atoms with Crippen LogP contribution in [0.3, 0.4) is 0 Å². The zero-order chi connectivity index (χ0) is 16.8. The molecule has 0 aliphatic heterocycles. The van der Waals surface area contributed by atoms with E-state index in [1.807, 2.05) is 6.07 Å². The van der Waals surface area contributed by atoms with E-state index in [0.717, 1.165) is 17.5 Å². The maximum atomic E-state index is 12.3. The predicted molar refractivity (Wildman–Crippen MR) is 87.9 cm³/mol. The molecule has 2 aliphatic carbocycles. The molecule has 0 spiro atoms. The molecule has 0 bridgehead atoms. The number of Topliss-reactive ketones (excluding diaryl/α,β-unsaturated/α-hetero) is 1. The average Bonchev–Trinajstić information content (AvgIpc) is 2.50. The fourth-order valence-electron chi connectivity index (χ4n) is 5.01. The molecule has 1 aromatic rings. The Kier molecular flexibility index (Phi) is 3.91. The Morgan fingerprint density at radius 2 is 2.13 bits per heavy atom. The van der Waals surface area contributed by atoms with Crippen LogP contribution in [0.5, 0.6) is 11.5 Å². The van der Waals surface area contributed by atoms with Crippen LogP contribution in [0.1, 0.15) is 57.1 Å². The van der Waals surface area contributed by atoms with Crippen molar-refractivity contribution in [2.75, 3.05) is 7.11 Å². The number of phenols is 1. The average molecular weight is 318 g/mol. The summed E-state index contributed by atoms with van der Waals surface area (Å²) < 4.78 is 5.28. The van der Waals surface area contributed by atoms with E-state index in [0.29, 0.717) is 37.9 Å². The second kappa shape index (κ2) is 5.52. The van der Waals surface area contributed by atoms with Crippen molar-refractivity contribution in [2.45, 2.75) is 63.4 Å². The van der Waals surface area contributed by atoms with Gasteiger partial charge >= 0.3 is 0 Å². The van der Waals surface area contributed by atoms with Crippen molar-refractivity contribution in [3.8, 4) is 11.5 Å². The summed E-state index contributed by atoms with van der Waals surface area (Å²) in [4.78, 5) is 12.3. The summed E-state index contributed by atoms with van der Waals surface area (Å²) >= 11 is 0. The van der Waals surface area contributed by atoms with Crippen LogP contribution in [0.4, 0.5) is 0 Å². The molecule has 4 heteroatoms. The first-order chi connectivity index (χ1) is 10.9. The molecule has 0 heterocycles. The molecule has 3 unspecified atom stereocenters. The Hall–Kier alpha value is -1.55. The van der Waals surface area contributed by atoms with Gasteiger partial charge in [0.1, 0.15) is 5.78 Å². The van der Waals surface area contributed by atoms with E-state index < -0.39 is 11.0 Å². The summed E-state index contributed by atoms with van der Waals surface area (Å²) in [6.45, 7) is 4.12. The quantitative estimate of drug-likeness (QED) is 0.898. The molecule has 126 valence electrons. The molecule has 4 nitrogen and oxygen atoms in total. The number of aliphatic hydroxyl groups is 1. The number of carbonyl (C=O) groups is 1. The topological polar surface area (TPSA) is 66.8 Å². The van der Waals surface area contributed by atoms with Crippen LogP contribution >= 0.6 is 0 Å². The summed E-state index contributed by atoms with van der Waals surface area (Å²) in [6, 6.07) is 3.75. The van der Waals surface area contributed by atoms with Gasteiger partial charge in [0, 0.05) is 23.8 Å². The van der Waals surface area contributed by atoms with Crippen molar-refractivity contribution in [3.05, 3.63) is 23.3 Å². The van der Waals surface area contributed by atoms with E-state index in [9.17, 15) is 15.0 Å². The summed E-state index contributed by atoms with van der Waals surface area (Å²) in [7, 11) is 1.53. The lowest BCUT2D eigenvalue weighted by Crippen LogP contribution is -2.62. The summed E-state index contributed by atoms with van der Waals surface area (Å²) in [5, 5.41) is 22.4. The molecule has 3 atom stereocenters. The van der Waals surface area contributed by atoms with Gasteiger partial charge in [-0.25, -0.2) is 0 Å². The fraction of sp³-hybridized carbons (Fsp3) is 0.632. The molecule has 0 saturated heterocycles. The first-order valence-corrected chi connectivity index (χ1v) is 8.53. The van der Waals surface area contributed by atoms with Gasteiger partial charge in [0.15, 0.2) is 11.5 Å². The van der Waals surface area contributed by atoms with Crippen LogP contribution in [0.25, 0.3) is 0 Å². The van der Waals surface area contributed by atoms with Crippen molar-refractivity contribution >= 4 is 5.78 Å². The lowest BCUT2D eigenvalue weighted by atomic mass is 9.49. The summed E-state index contributed by atoms with van der Waals surface area (Å²) in [5.74, 6) is 0.737. The molecule has 0 radical (unpaired) electrons. The number of benzene rings is 1. The number of ether oxygens (including phenoxy) is 1. The Labute approximate surface area is 137 Å². The highest BCUT2D eigenvalue weighted by Gasteiger charge is 2.60. The first-order valence-electron chi connectivity index (χ1n) is 8.53. The Balaban J connectivity index is 2.31. The highest BCUT2D eigenvalue weighted by molar-refractivity contribution is 5.82. The van der Waals surface area contributed by atoms with Crippen molar-refractivity contribution < 1.29 is 19.7 Å². The maximum absolute atomic E-state index is 12.3. The van der Waals surface area contributed by atoms with Gasteiger partial charge in [0.05, 0.1) is 12.7 Å². The minimum atomic E-state index is -0.951. The second-order valence-corrected chi connectivity index (χ2v) is 7.23. The lowest BCUT2D eigenvalue weighted by Gasteiger charge is -2.57. The Bertz CT molecular complexity index is 639. The first kappa shape index (κ1) is 16.3. The van der Waals surface area contributed by atoms with Gasteiger partial charge in [-0.2, -0.15) is 0 Å². The van der Waals surface area contributed by atoms with E-state index in [4.69, 9.17) is 4.74 Å². The minimum Gasteiger partial charge on any atom is -0.504 e. The zero-order valence-corrected chi connectivity index (χ0v) is 14.2. The Morgan fingerprint density at radius 1 is 1.39 bits per heavy atom. The van der Waals surface area contributed by atoms with E-state index in [1.54, 1.807) is 6.07 Å². The molecule has 1 fully saturated rings. The van der Waals surface area contributed by atoms with Crippen LogP contribution in [0.15, 0.2) is 12.1 Å². The summed E-state index contributed by atoms with van der Waals surface area (Å²) in [6.07, 6.45) is 3.44. The number of aromatic hydroxyl groups is 1. The number of carbonyl (C=O) groups excluding carboxylic acids is 1. The van der Waals surface area contributed by atoms with Gasteiger partial charge < -0.3 is 14.9 Å². The molecule has 23 heavy (non-hydrogen) atoms. The highest BCUT2D eigenvalue weighted by atomic mass is 16.5. The molecule has 2 N–H and O–H groups in total. The van der Waals surface area contributed by atoms with Crippen LogP contribution in [0.2, 0.25) is 0 Å². The van der Waals surface area contributed by atoms with Crippen molar-refractivity contribution in [2.24, 2.45) is 5.92 Å². The third-order valence-corrected chi connectivity index (χ3v) is 6.06. The second-order valence-electron chi connectivity index (χ2n) is 7.23. The van der Waals surface area contributed by atoms with Gasteiger partial charge in [-0.3, -0.25) is 4.79 Å². The van der Waals surface area contributed by atoms with Crippen molar-refractivity contribution in [1.29, 1.82) is 0 Å². The van der Waals surface area contributed by atoms with Crippen LogP contribution < -0.4 is 4.74 Å². The maximum Gasteiger partial charge on any atom is 0.161 e. The Morgan fingerprint density at radius 3 is 2.78 bits per heavy atom. The summed E-state index contributed by atoms with van der Waals surface area (Å²) in [5.41, 5.74) is 0.118. The van der Waals surface area contributed by atoms with E-state index in [1.165, 1.54) is 7.11 Å². The SMILES string of the molecule is CCCC12CC(=O)CCC1(O)C(C)Cc1ccc(OC)c(O)c12. The lowest BCUT2D eigenvalue weighted by molar-refractivity contribution is -0.148. The molecular formula is C19H26O4.